The largest absolute Gasteiger partial charge is 0.388 e. The molecule has 106 valence electrons. The van der Waals surface area contributed by atoms with Crippen molar-refractivity contribution in [1.29, 1.82) is 0 Å². The monoisotopic (exact) mass is 344 g/mol. The maximum absolute atomic E-state index is 13.9. The summed E-state index contributed by atoms with van der Waals surface area (Å²) >= 11 is 3.06. The van der Waals surface area contributed by atoms with E-state index in [0.717, 1.165) is 6.07 Å². The number of rotatable bonds is 3. The van der Waals surface area contributed by atoms with E-state index < -0.39 is 23.6 Å². The van der Waals surface area contributed by atoms with Gasteiger partial charge in [0.2, 0.25) is 0 Å². The average Bonchev–Trinajstić information content (AvgIpc) is 2.40. The van der Waals surface area contributed by atoms with Gasteiger partial charge in [0, 0.05) is 6.42 Å². The molecule has 0 aliphatic rings. The van der Waals surface area contributed by atoms with E-state index in [-0.39, 0.29) is 22.0 Å². The van der Waals surface area contributed by atoms with E-state index >= 15 is 0 Å². The lowest BCUT2D eigenvalue weighted by Crippen LogP contribution is -2.09. The lowest BCUT2D eigenvalue weighted by Gasteiger charge is -2.15. The second kappa shape index (κ2) is 5.97. The summed E-state index contributed by atoms with van der Waals surface area (Å²) in [6, 6.07) is 6.73. The van der Waals surface area contributed by atoms with Gasteiger partial charge in [-0.25, -0.2) is 13.2 Å². The maximum Gasteiger partial charge on any atom is 0.137 e. The van der Waals surface area contributed by atoms with E-state index in [4.69, 9.17) is 0 Å². The Labute approximate surface area is 123 Å². The van der Waals surface area contributed by atoms with Gasteiger partial charge in [0.05, 0.1) is 16.1 Å². The molecule has 0 fully saturated rings. The summed E-state index contributed by atoms with van der Waals surface area (Å²) < 4.78 is 41.2. The standard InChI is InChI=1S/C15H12BrF3O/c1-8-5-6-10(17)13(15(8)19)12(20)7-9-3-2-4-11(18)14(9)16/h2-6,12,20H,7H2,1H3. The molecule has 0 saturated heterocycles. The fourth-order valence-corrected chi connectivity index (χ4v) is 2.43. The summed E-state index contributed by atoms with van der Waals surface area (Å²) in [4.78, 5) is 0. The van der Waals surface area contributed by atoms with Crippen LogP contribution in [0.3, 0.4) is 0 Å². The van der Waals surface area contributed by atoms with Crippen molar-refractivity contribution in [3.05, 3.63) is 68.9 Å². The number of aliphatic hydroxyl groups is 1. The van der Waals surface area contributed by atoms with Gasteiger partial charge in [0.25, 0.3) is 0 Å². The van der Waals surface area contributed by atoms with Gasteiger partial charge in [-0.3, -0.25) is 0 Å². The van der Waals surface area contributed by atoms with Crippen LogP contribution < -0.4 is 0 Å². The minimum atomic E-state index is -1.38. The van der Waals surface area contributed by atoms with E-state index in [1.54, 1.807) is 6.07 Å². The van der Waals surface area contributed by atoms with Crippen molar-refractivity contribution in [3.63, 3.8) is 0 Å². The Morgan fingerprint density at radius 3 is 2.50 bits per heavy atom. The van der Waals surface area contributed by atoms with Gasteiger partial charge in [0.1, 0.15) is 17.5 Å². The zero-order valence-corrected chi connectivity index (χ0v) is 12.2. The van der Waals surface area contributed by atoms with Crippen LogP contribution in [0.5, 0.6) is 0 Å². The number of benzene rings is 2. The minimum absolute atomic E-state index is 0.0877. The minimum Gasteiger partial charge on any atom is -0.388 e. The van der Waals surface area contributed by atoms with Crippen molar-refractivity contribution in [2.75, 3.05) is 0 Å². The normalized spacial score (nSPS) is 12.5. The highest BCUT2D eigenvalue weighted by atomic mass is 79.9. The molecule has 0 amide bonds. The number of hydrogen-bond donors (Lipinski definition) is 1. The molecule has 1 nitrogen and oxygen atoms in total. The highest BCUT2D eigenvalue weighted by Gasteiger charge is 2.21. The van der Waals surface area contributed by atoms with Crippen LogP contribution in [-0.2, 0) is 6.42 Å². The first-order valence-electron chi connectivity index (χ1n) is 5.97. The molecule has 1 N–H and O–H groups in total. The Bertz CT molecular complexity index is 643. The van der Waals surface area contributed by atoms with Crippen LogP contribution in [0.2, 0.25) is 0 Å². The van der Waals surface area contributed by atoms with Crippen molar-refractivity contribution in [1.82, 2.24) is 0 Å². The second-order valence-electron chi connectivity index (χ2n) is 4.52. The smallest absolute Gasteiger partial charge is 0.137 e. The highest BCUT2D eigenvalue weighted by molar-refractivity contribution is 9.10. The predicted octanol–water partition coefficient (Wildman–Crippen LogP) is 4.45. The molecule has 0 radical (unpaired) electrons. The number of halogens is 4. The van der Waals surface area contributed by atoms with Crippen LogP contribution in [0.4, 0.5) is 13.2 Å². The Hall–Kier alpha value is -1.33. The van der Waals surface area contributed by atoms with Crippen molar-refractivity contribution in [2.45, 2.75) is 19.4 Å². The van der Waals surface area contributed by atoms with Crippen LogP contribution in [0, 0.1) is 24.4 Å². The van der Waals surface area contributed by atoms with Gasteiger partial charge in [-0.05, 0) is 46.1 Å². The Morgan fingerprint density at radius 2 is 1.80 bits per heavy atom. The Kier molecular flexibility index (Phi) is 4.50. The van der Waals surface area contributed by atoms with E-state index in [2.05, 4.69) is 15.9 Å². The molecule has 0 bridgehead atoms. The molecule has 0 heterocycles. The molecule has 20 heavy (non-hydrogen) atoms. The highest BCUT2D eigenvalue weighted by Crippen LogP contribution is 2.29. The molecule has 1 atom stereocenters. The molecule has 2 aromatic rings. The molecule has 0 saturated carbocycles. The van der Waals surface area contributed by atoms with Crippen molar-refractivity contribution < 1.29 is 18.3 Å². The predicted molar refractivity (Wildman–Crippen MR) is 73.9 cm³/mol. The van der Waals surface area contributed by atoms with Crippen LogP contribution in [0.15, 0.2) is 34.8 Å². The van der Waals surface area contributed by atoms with Gasteiger partial charge in [-0.1, -0.05) is 18.2 Å². The summed E-state index contributed by atoms with van der Waals surface area (Å²) in [5.74, 6) is -2.07. The van der Waals surface area contributed by atoms with Gasteiger partial charge in [-0.15, -0.1) is 0 Å². The van der Waals surface area contributed by atoms with Crippen LogP contribution in [0.25, 0.3) is 0 Å². The molecule has 1 unspecified atom stereocenters. The molecular weight excluding hydrogens is 333 g/mol. The molecule has 5 heteroatoms. The van der Waals surface area contributed by atoms with Crippen LogP contribution in [0.1, 0.15) is 22.8 Å². The van der Waals surface area contributed by atoms with Gasteiger partial charge >= 0.3 is 0 Å². The summed E-state index contributed by atoms with van der Waals surface area (Å²) in [7, 11) is 0. The molecule has 0 aromatic heterocycles. The maximum atomic E-state index is 13.9. The first-order chi connectivity index (χ1) is 9.41. The molecule has 2 aromatic carbocycles. The van der Waals surface area contributed by atoms with E-state index in [1.165, 1.54) is 25.1 Å². The lowest BCUT2D eigenvalue weighted by atomic mass is 9.98. The third kappa shape index (κ3) is 2.88. The molecule has 0 aliphatic carbocycles. The van der Waals surface area contributed by atoms with Crippen LogP contribution >= 0.6 is 15.9 Å². The first kappa shape index (κ1) is 15.1. The third-order valence-electron chi connectivity index (χ3n) is 3.10. The molecular formula is C15H12BrF3O. The van der Waals surface area contributed by atoms with Crippen molar-refractivity contribution in [2.24, 2.45) is 0 Å². The number of hydrogen-bond acceptors (Lipinski definition) is 1. The van der Waals surface area contributed by atoms with Crippen LogP contribution in [-0.4, -0.2) is 5.11 Å². The van der Waals surface area contributed by atoms with E-state index in [1.807, 2.05) is 0 Å². The number of aryl methyl sites for hydroxylation is 1. The summed E-state index contributed by atoms with van der Waals surface area (Å²) in [6.07, 6.45) is -1.47. The van der Waals surface area contributed by atoms with Crippen molar-refractivity contribution in [3.8, 4) is 0 Å². The lowest BCUT2D eigenvalue weighted by molar-refractivity contribution is 0.168. The third-order valence-corrected chi connectivity index (χ3v) is 3.99. The second-order valence-corrected chi connectivity index (χ2v) is 5.32. The Morgan fingerprint density at radius 1 is 1.10 bits per heavy atom. The van der Waals surface area contributed by atoms with Gasteiger partial charge in [0.15, 0.2) is 0 Å². The quantitative estimate of drug-likeness (QED) is 0.871. The SMILES string of the molecule is Cc1ccc(F)c(C(O)Cc2cccc(F)c2Br)c1F. The summed E-state index contributed by atoms with van der Waals surface area (Å²) in [6.45, 7) is 1.49. The van der Waals surface area contributed by atoms with Crippen molar-refractivity contribution >= 4 is 15.9 Å². The Balaban J connectivity index is 2.36. The topological polar surface area (TPSA) is 20.2 Å². The zero-order valence-electron chi connectivity index (χ0n) is 10.6. The number of aliphatic hydroxyl groups excluding tert-OH is 1. The summed E-state index contributed by atoms with van der Waals surface area (Å²) in [5, 5.41) is 10.1. The fraction of sp³-hybridized carbons (Fsp3) is 0.200. The molecule has 0 spiro atoms. The van der Waals surface area contributed by atoms with E-state index in [9.17, 15) is 18.3 Å². The molecule has 2 rings (SSSR count). The molecule has 0 aliphatic heterocycles. The van der Waals surface area contributed by atoms with Gasteiger partial charge in [-0.2, -0.15) is 0 Å². The average molecular weight is 345 g/mol. The summed E-state index contributed by atoms with van der Waals surface area (Å²) in [5.41, 5.74) is 0.303. The zero-order chi connectivity index (χ0) is 14.9. The fourth-order valence-electron chi connectivity index (χ4n) is 2.00. The van der Waals surface area contributed by atoms with Gasteiger partial charge < -0.3 is 5.11 Å². The van der Waals surface area contributed by atoms with E-state index in [0.29, 0.717) is 5.56 Å². The first-order valence-corrected chi connectivity index (χ1v) is 6.76.